The van der Waals surface area contributed by atoms with Gasteiger partial charge in [-0.05, 0) is 0 Å². The molecule has 0 aliphatic rings. The van der Waals surface area contributed by atoms with Crippen LogP contribution in [0, 0.1) is 11.3 Å². The highest BCUT2D eigenvalue weighted by Crippen LogP contribution is 2.02. The molecular formula is C5H4N2S. The van der Waals surface area contributed by atoms with Gasteiger partial charge in [-0.1, -0.05) is 0 Å². The van der Waals surface area contributed by atoms with E-state index in [0.29, 0.717) is 6.42 Å². The first-order valence-electron chi connectivity index (χ1n) is 2.19. The fourth-order valence-electron chi connectivity index (χ4n) is 0.408. The molecule has 0 spiro atoms. The van der Waals surface area contributed by atoms with Crippen LogP contribution < -0.4 is 0 Å². The summed E-state index contributed by atoms with van der Waals surface area (Å²) in [5, 5.41) is 10.9. The van der Waals surface area contributed by atoms with Gasteiger partial charge in [0, 0.05) is 11.6 Å². The maximum absolute atomic E-state index is 8.15. The Morgan fingerprint density at radius 2 is 2.75 bits per heavy atom. The molecular weight excluding hydrogens is 120 g/mol. The van der Waals surface area contributed by atoms with E-state index in [0.717, 1.165) is 5.01 Å². The molecule has 0 fully saturated rings. The smallest absolute Gasteiger partial charge is 0.107 e. The van der Waals surface area contributed by atoms with Crippen LogP contribution in [0.2, 0.25) is 0 Å². The van der Waals surface area contributed by atoms with Crippen molar-refractivity contribution < 1.29 is 0 Å². The Hall–Kier alpha value is -0.880. The lowest BCUT2D eigenvalue weighted by molar-refractivity contribution is 1.19. The van der Waals surface area contributed by atoms with E-state index in [1.807, 2.05) is 11.4 Å². The summed E-state index contributed by atoms with van der Waals surface area (Å²) in [7, 11) is 0. The molecule has 3 heteroatoms. The van der Waals surface area contributed by atoms with Gasteiger partial charge in [-0.15, -0.1) is 11.3 Å². The second kappa shape index (κ2) is 2.43. The summed E-state index contributed by atoms with van der Waals surface area (Å²) in [6.45, 7) is 0. The first-order valence-corrected chi connectivity index (χ1v) is 3.07. The van der Waals surface area contributed by atoms with Crippen LogP contribution in [0.4, 0.5) is 0 Å². The van der Waals surface area contributed by atoms with Crippen molar-refractivity contribution in [3.8, 4) is 6.07 Å². The Morgan fingerprint density at radius 3 is 3.25 bits per heavy atom. The number of nitrogens with zero attached hydrogens (tertiary/aromatic N) is 2. The van der Waals surface area contributed by atoms with Crippen LogP contribution in [0.15, 0.2) is 11.6 Å². The Labute approximate surface area is 51.4 Å². The summed E-state index contributed by atoms with van der Waals surface area (Å²) >= 11 is 1.51. The van der Waals surface area contributed by atoms with Crippen molar-refractivity contribution in [2.24, 2.45) is 0 Å². The van der Waals surface area contributed by atoms with Crippen LogP contribution in [0.25, 0.3) is 0 Å². The average molecular weight is 124 g/mol. The molecule has 0 bridgehead atoms. The largest absolute Gasteiger partial charge is 0.249 e. The van der Waals surface area contributed by atoms with Gasteiger partial charge in [0.15, 0.2) is 0 Å². The minimum atomic E-state index is 0.442. The number of aromatic nitrogens is 1. The molecule has 1 aromatic rings. The molecule has 2 nitrogen and oxygen atoms in total. The molecule has 1 aromatic heterocycles. The second-order valence-corrected chi connectivity index (χ2v) is 2.24. The van der Waals surface area contributed by atoms with Gasteiger partial charge in [0.2, 0.25) is 0 Å². The molecule has 0 saturated heterocycles. The van der Waals surface area contributed by atoms with Gasteiger partial charge in [-0.25, -0.2) is 4.98 Å². The Balaban J connectivity index is 2.67. The van der Waals surface area contributed by atoms with E-state index in [-0.39, 0.29) is 0 Å². The van der Waals surface area contributed by atoms with Gasteiger partial charge in [0.05, 0.1) is 12.5 Å². The van der Waals surface area contributed by atoms with Gasteiger partial charge in [-0.3, -0.25) is 0 Å². The molecule has 0 aliphatic heterocycles. The fraction of sp³-hybridized carbons (Fsp3) is 0.200. The molecule has 0 radical (unpaired) electrons. The first kappa shape index (κ1) is 5.26. The van der Waals surface area contributed by atoms with Crippen molar-refractivity contribution in [1.82, 2.24) is 4.98 Å². The van der Waals surface area contributed by atoms with E-state index in [2.05, 4.69) is 4.98 Å². The second-order valence-electron chi connectivity index (χ2n) is 1.26. The molecule has 40 valence electrons. The minimum absolute atomic E-state index is 0.442. The third-order valence-electron chi connectivity index (χ3n) is 0.714. The van der Waals surface area contributed by atoms with Crippen LogP contribution >= 0.6 is 11.3 Å². The average Bonchev–Trinajstić information content (AvgIpc) is 2.19. The van der Waals surface area contributed by atoms with Gasteiger partial charge in [-0.2, -0.15) is 5.26 Å². The molecule has 0 atom stereocenters. The molecule has 0 amide bonds. The molecule has 0 aromatic carbocycles. The maximum atomic E-state index is 8.15. The first-order chi connectivity index (χ1) is 3.93. The van der Waals surface area contributed by atoms with Gasteiger partial charge >= 0.3 is 0 Å². The van der Waals surface area contributed by atoms with Crippen LogP contribution in [-0.4, -0.2) is 4.98 Å². The summed E-state index contributed by atoms with van der Waals surface area (Å²) in [5.74, 6) is 0. The zero-order chi connectivity index (χ0) is 5.82. The molecule has 8 heavy (non-hydrogen) atoms. The predicted octanol–water partition coefficient (Wildman–Crippen LogP) is 1.21. The van der Waals surface area contributed by atoms with Crippen molar-refractivity contribution >= 4 is 11.3 Å². The highest BCUT2D eigenvalue weighted by atomic mass is 32.1. The number of thiazole rings is 1. The monoisotopic (exact) mass is 124 g/mol. The number of hydrogen-bond donors (Lipinski definition) is 0. The Morgan fingerprint density at radius 1 is 1.88 bits per heavy atom. The summed E-state index contributed by atoms with van der Waals surface area (Å²) in [6.07, 6.45) is 2.15. The van der Waals surface area contributed by atoms with Crippen LogP contribution in [-0.2, 0) is 6.42 Å². The lowest BCUT2D eigenvalue weighted by atomic mass is 10.5. The van der Waals surface area contributed by atoms with Crippen molar-refractivity contribution in [2.45, 2.75) is 6.42 Å². The van der Waals surface area contributed by atoms with E-state index < -0.39 is 0 Å². The lowest BCUT2D eigenvalue weighted by Crippen LogP contribution is -1.74. The number of hydrogen-bond acceptors (Lipinski definition) is 3. The standard InChI is InChI=1S/C5H4N2S/c6-2-1-5-7-3-4-8-5/h3-4H,1H2. The third-order valence-corrected chi connectivity index (χ3v) is 1.49. The highest BCUT2D eigenvalue weighted by molar-refractivity contribution is 7.09. The number of nitriles is 1. The van der Waals surface area contributed by atoms with E-state index >= 15 is 0 Å². The molecule has 0 saturated carbocycles. The maximum Gasteiger partial charge on any atom is 0.107 e. The van der Waals surface area contributed by atoms with Crippen LogP contribution in [0.5, 0.6) is 0 Å². The zero-order valence-corrected chi connectivity index (χ0v) is 4.98. The lowest BCUT2D eigenvalue weighted by Gasteiger charge is -1.75. The molecule has 1 rings (SSSR count). The van der Waals surface area contributed by atoms with Gasteiger partial charge in [0.25, 0.3) is 0 Å². The SMILES string of the molecule is N#CCc1nccs1. The van der Waals surface area contributed by atoms with Crippen LogP contribution in [0.1, 0.15) is 5.01 Å². The summed E-state index contributed by atoms with van der Waals surface area (Å²) in [6, 6.07) is 2.02. The van der Waals surface area contributed by atoms with Gasteiger partial charge < -0.3 is 0 Å². The fourth-order valence-corrected chi connectivity index (χ4v) is 0.956. The number of rotatable bonds is 1. The minimum Gasteiger partial charge on any atom is -0.249 e. The zero-order valence-electron chi connectivity index (χ0n) is 4.16. The Kier molecular flexibility index (Phi) is 1.60. The summed E-state index contributed by atoms with van der Waals surface area (Å²) in [5.41, 5.74) is 0. The normalized spacial score (nSPS) is 8.38. The highest BCUT2D eigenvalue weighted by Gasteiger charge is 1.89. The molecule has 1 heterocycles. The summed E-state index contributed by atoms with van der Waals surface area (Å²) in [4.78, 5) is 3.90. The van der Waals surface area contributed by atoms with Crippen molar-refractivity contribution in [3.63, 3.8) is 0 Å². The molecule has 0 aliphatic carbocycles. The quantitative estimate of drug-likeness (QED) is 0.564. The van der Waals surface area contributed by atoms with E-state index in [1.165, 1.54) is 11.3 Å². The van der Waals surface area contributed by atoms with Crippen molar-refractivity contribution in [3.05, 3.63) is 16.6 Å². The van der Waals surface area contributed by atoms with Gasteiger partial charge in [0.1, 0.15) is 5.01 Å². The van der Waals surface area contributed by atoms with Crippen molar-refractivity contribution in [2.75, 3.05) is 0 Å². The van der Waals surface area contributed by atoms with E-state index in [9.17, 15) is 0 Å². The molecule has 0 unspecified atom stereocenters. The summed E-state index contributed by atoms with van der Waals surface area (Å²) < 4.78 is 0. The van der Waals surface area contributed by atoms with E-state index in [4.69, 9.17) is 5.26 Å². The Bertz CT molecular complexity index is 185. The topological polar surface area (TPSA) is 36.7 Å². The predicted molar refractivity (Wildman–Crippen MR) is 31.4 cm³/mol. The van der Waals surface area contributed by atoms with E-state index in [1.54, 1.807) is 6.20 Å². The van der Waals surface area contributed by atoms with Crippen molar-refractivity contribution in [1.29, 1.82) is 5.26 Å². The van der Waals surface area contributed by atoms with Crippen LogP contribution in [0.3, 0.4) is 0 Å². The molecule has 0 N–H and O–H groups in total. The third kappa shape index (κ3) is 1.04.